The monoisotopic (exact) mass is 435 g/mol. The Balaban J connectivity index is 1.26. The number of rotatable bonds is 5. The first-order chi connectivity index (χ1) is 15.7. The van der Waals surface area contributed by atoms with E-state index in [1.54, 1.807) is 14.2 Å². The zero-order valence-corrected chi connectivity index (χ0v) is 18.6. The minimum absolute atomic E-state index is 0.0383. The first-order valence-electron chi connectivity index (χ1n) is 11.3. The molecule has 2 aliphatic heterocycles. The van der Waals surface area contributed by atoms with Crippen LogP contribution in [0.3, 0.4) is 0 Å². The van der Waals surface area contributed by atoms with E-state index in [2.05, 4.69) is 14.8 Å². The summed E-state index contributed by atoms with van der Waals surface area (Å²) in [4.78, 5) is 22.3. The molecule has 1 unspecified atom stereocenters. The van der Waals surface area contributed by atoms with E-state index in [-0.39, 0.29) is 17.9 Å². The van der Waals surface area contributed by atoms with Crippen molar-refractivity contribution in [2.24, 2.45) is 5.92 Å². The number of likely N-dealkylation sites (tertiary alicyclic amines) is 1. The number of methoxy groups -OCH3 is 2. The predicted octanol–water partition coefficient (Wildman–Crippen LogP) is 4.43. The summed E-state index contributed by atoms with van der Waals surface area (Å²) in [6.07, 6.45) is 3.62. The molecule has 1 aromatic heterocycles. The highest BCUT2D eigenvalue weighted by Gasteiger charge is 2.36. The molecule has 2 aromatic carbocycles. The molecule has 0 bridgehead atoms. The number of carbonyl (C=O) groups is 1. The number of amides is 1. The van der Waals surface area contributed by atoms with Crippen molar-refractivity contribution in [3.63, 3.8) is 0 Å². The van der Waals surface area contributed by atoms with E-state index < -0.39 is 0 Å². The van der Waals surface area contributed by atoms with Crippen molar-refractivity contribution < 1.29 is 18.7 Å². The van der Waals surface area contributed by atoms with Gasteiger partial charge in [0.2, 0.25) is 5.91 Å². The molecule has 168 valence electrons. The fourth-order valence-corrected chi connectivity index (χ4v) is 4.98. The van der Waals surface area contributed by atoms with Crippen LogP contribution in [0.4, 0.5) is 6.01 Å². The number of hydrogen-bond acceptors (Lipinski definition) is 6. The standard InChI is InChI=1S/C25H29N3O4/c1-30-22-10-9-18(16-23(22)31-2)20-7-5-13-28(20)24(29)17-11-14-27(15-12-17)25-26-19-6-3-4-8-21(19)32-25/h3-4,6,8-10,16-17,20H,5,7,11-15H2,1-2H3. The van der Waals surface area contributed by atoms with Crippen LogP contribution in [0.15, 0.2) is 46.9 Å². The van der Waals surface area contributed by atoms with Crippen LogP contribution >= 0.6 is 0 Å². The van der Waals surface area contributed by atoms with Crippen LogP contribution in [0, 0.1) is 5.92 Å². The van der Waals surface area contributed by atoms with Crippen molar-refractivity contribution in [2.45, 2.75) is 31.7 Å². The van der Waals surface area contributed by atoms with Crippen LogP contribution in [0.1, 0.15) is 37.3 Å². The average Bonchev–Trinajstić information content (AvgIpc) is 3.50. The number of para-hydroxylation sites is 2. The van der Waals surface area contributed by atoms with E-state index in [9.17, 15) is 4.79 Å². The second-order valence-electron chi connectivity index (χ2n) is 8.53. The molecule has 7 heteroatoms. The Kier molecular flexibility index (Phi) is 5.64. The summed E-state index contributed by atoms with van der Waals surface area (Å²) in [5.41, 5.74) is 2.78. The smallest absolute Gasteiger partial charge is 0.298 e. The third-order valence-electron chi connectivity index (χ3n) is 6.73. The van der Waals surface area contributed by atoms with E-state index in [0.29, 0.717) is 17.5 Å². The third kappa shape index (κ3) is 3.76. The minimum atomic E-state index is 0.0383. The van der Waals surface area contributed by atoms with Gasteiger partial charge in [0, 0.05) is 25.6 Å². The minimum Gasteiger partial charge on any atom is -0.493 e. The normalized spacial score (nSPS) is 19.5. The number of hydrogen-bond donors (Lipinski definition) is 0. The number of carbonyl (C=O) groups excluding carboxylic acids is 1. The molecule has 1 atom stereocenters. The van der Waals surface area contributed by atoms with Gasteiger partial charge in [0.1, 0.15) is 5.52 Å². The van der Waals surface area contributed by atoms with Gasteiger partial charge in [0.25, 0.3) is 6.01 Å². The van der Waals surface area contributed by atoms with Gasteiger partial charge in [-0.2, -0.15) is 4.98 Å². The first kappa shape index (κ1) is 20.7. The van der Waals surface area contributed by atoms with E-state index >= 15 is 0 Å². The number of piperidine rings is 1. The van der Waals surface area contributed by atoms with Gasteiger partial charge in [-0.3, -0.25) is 4.79 Å². The Bertz CT molecular complexity index is 1070. The van der Waals surface area contributed by atoms with E-state index in [1.807, 2.05) is 42.5 Å². The fraction of sp³-hybridized carbons (Fsp3) is 0.440. The summed E-state index contributed by atoms with van der Waals surface area (Å²) in [6.45, 7) is 2.36. The summed E-state index contributed by atoms with van der Waals surface area (Å²) < 4.78 is 16.8. The molecule has 2 saturated heterocycles. The van der Waals surface area contributed by atoms with Gasteiger partial charge in [-0.1, -0.05) is 18.2 Å². The summed E-state index contributed by atoms with van der Waals surface area (Å²) in [7, 11) is 3.28. The number of oxazole rings is 1. The summed E-state index contributed by atoms with van der Waals surface area (Å²) in [5.74, 6) is 1.71. The SMILES string of the molecule is COc1ccc(C2CCCN2C(=O)C2CCN(c3nc4ccccc4o3)CC2)cc1OC. The molecule has 3 heterocycles. The zero-order valence-electron chi connectivity index (χ0n) is 18.6. The molecular formula is C25H29N3O4. The Morgan fingerprint density at radius 3 is 2.53 bits per heavy atom. The number of aromatic nitrogens is 1. The van der Waals surface area contributed by atoms with Gasteiger partial charge < -0.3 is 23.7 Å². The first-order valence-corrected chi connectivity index (χ1v) is 11.3. The molecule has 0 radical (unpaired) electrons. The molecule has 0 aliphatic carbocycles. The summed E-state index contributed by atoms with van der Waals surface area (Å²) >= 11 is 0. The molecule has 3 aromatic rings. The molecule has 7 nitrogen and oxygen atoms in total. The van der Waals surface area contributed by atoms with Crippen molar-refractivity contribution in [3.05, 3.63) is 48.0 Å². The molecular weight excluding hydrogens is 406 g/mol. The highest BCUT2D eigenvalue weighted by atomic mass is 16.5. The maximum Gasteiger partial charge on any atom is 0.298 e. The van der Waals surface area contributed by atoms with Gasteiger partial charge in [0.15, 0.2) is 17.1 Å². The number of benzene rings is 2. The molecule has 0 N–H and O–H groups in total. The highest BCUT2D eigenvalue weighted by Crippen LogP contribution is 2.38. The third-order valence-corrected chi connectivity index (χ3v) is 6.73. The van der Waals surface area contributed by atoms with Crippen LogP contribution < -0.4 is 14.4 Å². The summed E-state index contributed by atoms with van der Waals surface area (Å²) in [6, 6.07) is 14.5. The number of anilines is 1. The Morgan fingerprint density at radius 1 is 1.00 bits per heavy atom. The maximum absolute atomic E-state index is 13.5. The van der Waals surface area contributed by atoms with Crippen LogP contribution in [0.5, 0.6) is 11.5 Å². The topological polar surface area (TPSA) is 68.0 Å². The Morgan fingerprint density at radius 2 is 1.78 bits per heavy atom. The molecule has 1 amide bonds. The predicted molar refractivity (Wildman–Crippen MR) is 122 cm³/mol. The van der Waals surface area contributed by atoms with Crippen molar-refractivity contribution in [3.8, 4) is 11.5 Å². The second-order valence-corrected chi connectivity index (χ2v) is 8.53. The van der Waals surface area contributed by atoms with Crippen molar-refractivity contribution in [2.75, 3.05) is 38.8 Å². The Labute approximate surface area is 187 Å². The largest absolute Gasteiger partial charge is 0.493 e. The van der Waals surface area contributed by atoms with E-state index in [4.69, 9.17) is 13.9 Å². The molecule has 2 fully saturated rings. The quantitative estimate of drug-likeness (QED) is 0.591. The van der Waals surface area contributed by atoms with Gasteiger partial charge in [-0.15, -0.1) is 0 Å². The van der Waals surface area contributed by atoms with Gasteiger partial charge in [0.05, 0.1) is 20.3 Å². The van der Waals surface area contributed by atoms with Crippen LogP contribution in [-0.2, 0) is 4.79 Å². The molecule has 32 heavy (non-hydrogen) atoms. The summed E-state index contributed by atoms with van der Waals surface area (Å²) in [5, 5.41) is 0. The maximum atomic E-state index is 13.5. The lowest BCUT2D eigenvalue weighted by Crippen LogP contribution is -2.42. The average molecular weight is 436 g/mol. The Hall–Kier alpha value is -3.22. The van der Waals surface area contributed by atoms with E-state index in [0.717, 1.165) is 62.0 Å². The van der Waals surface area contributed by atoms with Crippen molar-refractivity contribution in [1.29, 1.82) is 0 Å². The van der Waals surface area contributed by atoms with Crippen molar-refractivity contribution >= 4 is 23.0 Å². The van der Waals surface area contributed by atoms with Crippen LogP contribution in [-0.4, -0.2) is 49.6 Å². The molecule has 5 rings (SSSR count). The molecule has 2 aliphatic rings. The number of ether oxygens (including phenoxy) is 2. The lowest BCUT2D eigenvalue weighted by Gasteiger charge is -2.34. The number of fused-ring (bicyclic) bond motifs is 1. The lowest BCUT2D eigenvalue weighted by molar-refractivity contribution is -0.137. The number of nitrogens with zero attached hydrogens (tertiary/aromatic N) is 3. The molecule has 0 saturated carbocycles. The fourth-order valence-electron chi connectivity index (χ4n) is 4.98. The van der Waals surface area contributed by atoms with Gasteiger partial charge in [-0.05, 0) is 55.5 Å². The second kappa shape index (κ2) is 8.73. The molecule has 0 spiro atoms. The van der Waals surface area contributed by atoms with Gasteiger partial charge in [-0.25, -0.2) is 0 Å². The zero-order chi connectivity index (χ0) is 22.1. The van der Waals surface area contributed by atoms with Crippen LogP contribution in [0.25, 0.3) is 11.1 Å². The van der Waals surface area contributed by atoms with Crippen molar-refractivity contribution in [1.82, 2.24) is 9.88 Å². The van der Waals surface area contributed by atoms with Crippen LogP contribution in [0.2, 0.25) is 0 Å². The van der Waals surface area contributed by atoms with Gasteiger partial charge >= 0.3 is 0 Å². The highest BCUT2D eigenvalue weighted by molar-refractivity contribution is 5.80. The van der Waals surface area contributed by atoms with E-state index in [1.165, 1.54) is 0 Å². The lowest BCUT2D eigenvalue weighted by atomic mass is 9.94.